The van der Waals surface area contributed by atoms with E-state index in [0.29, 0.717) is 24.3 Å². The molecule has 0 aliphatic rings. The van der Waals surface area contributed by atoms with Gasteiger partial charge in [0.25, 0.3) is 5.50 Å². The third-order valence-electron chi connectivity index (χ3n) is 1.76. The number of hydrogen-bond donors (Lipinski definition) is 1. The molecule has 0 saturated heterocycles. The summed E-state index contributed by atoms with van der Waals surface area (Å²) in [6.07, 6.45) is -4.58. The molecule has 16 heavy (non-hydrogen) atoms. The Morgan fingerprint density at radius 2 is 1.56 bits per heavy atom. The van der Waals surface area contributed by atoms with E-state index < -0.39 is 32.9 Å². The van der Waals surface area contributed by atoms with Crippen molar-refractivity contribution >= 4 is 10.1 Å². The molecule has 0 aromatic heterocycles. The van der Waals surface area contributed by atoms with Crippen LogP contribution in [-0.2, 0) is 16.3 Å². The Balaban J connectivity index is 3.05. The van der Waals surface area contributed by atoms with E-state index >= 15 is 0 Å². The lowest BCUT2D eigenvalue weighted by molar-refractivity contribution is -0.137. The normalized spacial score (nSPS) is 14.8. The van der Waals surface area contributed by atoms with Crippen LogP contribution < -0.4 is 0 Å². The van der Waals surface area contributed by atoms with Crippen LogP contribution in [0.3, 0.4) is 0 Å². The number of alkyl halides is 4. The van der Waals surface area contributed by atoms with Gasteiger partial charge in [-0.25, -0.2) is 4.39 Å². The molecular weight excluding hydrogens is 252 g/mol. The molecular formula is C8H6F4O3S. The van der Waals surface area contributed by atoms with Gasteiger partial charge in [-0.2, -0.15) is 21.6 Å². The van der Waals surface area contributed by atoms with Crippen molar-refractivity contribution < 1.29 is 30.5 Å². The summed E-state index contributed by atoms with van der Waals surface area (Å²) in [5.41, 5.74) is -4.33. The van der Waals surface area contributed by atoms with Gasteiger partial charge < -0.3 is 0 Å². The smallest absolute Gasteiger partial charge is 0.283 e. The first-order chi connectivity index (χ1) is 7.12. The van der Waals surface area contributed by atoms with Gasteiger partial charge in [-0.15, -0.1) is 0 Å². The van der Waals surface area contributed by atoms with Crippen molar-refractivity contribution in [2.24, 2.45) is 0 Å². The molecule has 1 aromatic carbocycles. The second-order valence-electron chi connectivity index (χ2n) is 2.95. The molecule has 90 valence electrons. The molecule has 0 radical (unpaired) electrons. The minimum atomic E-state index is -4.95. The molecule has 1 aromatic rings. The monoisotopic (exact) mass is 258 g/mol. The van der Waals surface area contributed by atoms with Gasteiger partial charge in [-0.3, -0.25) is 4.55 Å². The second kappa shape index (κ2) is 4.02. The lowest BCUT2D eigenvalue weighted by Gasteiger charge is -2.08. The van der Waals surface area contributed by atoms with E-state index in [4.69, 9.17) is 4.55 Å². The van der Waals surface area contributed by atoms with E-state index in [1.54, 1.807) is 0 Å². The fourth-order valence-electron chi connectivity index (χ4n) is 0.995. The van der Waals surface area contributed by atoms with Crippen molar-refractivity contribution in [2.45, 2.75) is 11.7 Å². The topological polar surface area (TPSA) is 54.4 Å². The van der Waals surface area contributed by atoms with Crippen LogP contribution in [0.5, 0.6) is 0 Å². The Bertz CT molecular complexity index is 463. The van der Waals surface area contributed by atoms with E-state index in [9.17, 15) is 26.0 Å². The van der Waals surface area contributed by atoms with E-state index in [0.717, 1.165) is 0 Å². The van der Waals surface area contributed by atoms with Crippen molar-refractivity contribution in [2.75, 3.05) is 0 Å². The zero-order valence-electron chi connectivity index (χ0n) is 7.57. The molecule has 0 amide bonds. The van der Waals surface area contributed by atoms with Crippen LogP contribution in [0.2, 0.25) is 0 Å². The van der Waals surface area contributed by atoms with Gasteiger partial charge in [0.2, 0.25) is 0 Å². The highest BCUT2D eigenvalue weighted by molar-refractivity contribution is 7.85. The Hall–Kier alpha value is -1.15. The maximum atomic E-state index is 13.0. The quantitative estimate of drug-likeness (QED) is 0.655. The minimum absolute atomic E-state index is 0.535. The maximum Gasteiger partial charge on any atom is 0.416 e. The average molecular weight is 258 g/mol. The van der Waals surface area contributed by atoms with Crippen molar-refractivity contribution in [1.29, 1.82) is 0 Å². The summed E-state index contributed by atoms with van der Waals surface area (Å²) in [4.78, 5) is 0. The molecule has 0 aliphatic carbocycles. The van der Waals surface area contributed by atoms with Gasteiger partial charge in [0, 0.05) is 5.56 Å². The van der Waals surface area contributed by atoms with Gasteiger partial charge in [-0.05, 0) is 12.1 Å². The van der Waals surface area contributed by atoms with Gasteiger partial charge in [0.15, 0.2) is 0 Å². The lowest BCUT2D eigenvalue weighted by atomic mass is 10.1. The van der Waals surface area contributed by atoms with Crippen LogP contribution in [-0.4, -0.2) is 13.0 Å². The Kier molecular flexibility index (Phi) is 3.25. The van der Waals surface area contributed by atoms with E-state index in [-0.39, 0.29) is 0 Å². The number of hydrogen-bond acceptors (Lipinski definition) is 2. The maximum absolute atomic E-state index is 13.0. The molecule has 1 N–H and O–H groups in total. The van der Waals surface area contributed by atoms with Crippen LogP contribution >= 0.6 is 0 Å². The molecule has 0 aliphatic heterocycles. The molecule has 1 unspecified atom stereocenters. The molecule has 3 nitrogen and oxygen atoms in total. The molecule has 0 bridgehead atoms. The predicted octanol–water partition coefficient (Wildman–Crippen LogP) is 2.56. The van der Waals surface area contributed by atoms with Crippen LogP contribution in [0.25, 0.3) is 0 Å². The lowest BCUT2D eigenvalue weighted by Crippen LogP contribution is -2.08. The Labute approximate surface area is 88.5 Å². The molecule has 1 rings (SSSR count). The second-order valence-corrected chi connectivity index (χ2v) is 4.39. The molecule has 0 fully saturated rings. The SMILES string of the molecule is O=S(=O)(O)C(F)c1ccc(C(F)(F)F)cc1. The zero-order chi connectivity index (χ0) is 12.6. The van der Waals surface area contributed by atoms with E-state index in [1.165, 1.54) is 0 Å². The fraction of sp³-hybridized carbons (Fsp3) is 0.250. The van der Waals surface area contributed by atoms with Crippen molar-refractivity contribution in [3.63, 3.8) is 0 Å². The van der Waals surface area contributed by atoms with Crippen LogP contribution in [0, 0.1) is 0 Å². The largest absolute Gasteiger partial charge is 0.416 e. The summed E-state index contributed by atoms with van der Waals surface area (Å²) in [6.45, 7) is 0. The van der Waals surface area contributed by atoms with Crippen LogP contribution in [0.4, 0.5) is 17.6 Å². The third-order valence-corrected chi connectivity index (χ3v) is 2.56. The third kappa shape index (κ3) is 2.92. The minimum Gasteiger partial charge on any atom is -0.283 e. The predicted molar refractivity (Wildman–Crippen MR) is 46.8 cm³/mol. The summed E-state index contributed by atoms with van der Waals surface area (Å²) in [6, 6.07) is 2.38. The fourth-order valence-corrected chi connectivity index (χ4v) is 1.50. The molecule has 1 atom stereocenters. The first-order valence-corrected chi connectivity index (χ1v) is 5.40. The first-order valence-electron chi connectivity index (χ1n) is 3.90. The standard InChI is InChI=1S/C8H6F4O3S/c9-7(16(13,14)15)5-1-3-6(4-2-5)8(10,11)12/h1-4,7H,(H,13,14,15). The van der Waals surface area contributed by atoms with Gasteiger partial charge in [-0.1, -0.05) is 12.1 Å². The molecule has 8 heteroatoms. The van der Waals surface area contributed by atoms with Gasteiger partial charge >= 0.3 is 16.3 Å². The number of benzene rings is 1. The summed E-state index contributed by atoms with van der Waals surface area (Å²) < 4.78 is 78.3. The highest BCUT2D eigenvalue weighted by Crippen LogP contribution is 2.31. The summed E-state index contributed by atoms with van der Waals surface area (Å²) in [5.74, 6) is 0. The number of rotatable bonds is 2. The first kappa shape index (κ1) is 12.9. The summed E-state index contributed by atoms with van der Waals surface area (Å²) in [7, 11) is -4.95. The van der Waals surface area contributed by atoms with Crippen LogP contribution in [0.1, 0.15) is 16.6 Å². The van der Waals surface area contributed by atoms with Gasteiger partial charge in [0.1, 0.15) is 0 Å². The Morgan fingerprint density at radius 3 is 1.88 bits per heavy atom. The molecule has 0 saturated carbocycles. The Morgan fingerprint density at radius 1 is 1.12 bits per heavy atom. The van der Waals surface area contributed by atoms with E-state index in [2.05, 4.69) is 0 Å². The summed E-state index contributed by atoms with van der Waals surface area (Å²) in [5, 5.41) is 0. The number of halogens is 4. The highest BCUT2D eigenvalue weighted by atomic mass is 32.2. The average Bonchev–Trinajstić information content (AvgIpc) is 2.14. The molecule has 0 spiro atoms. The van der Waals surface area contributed by atoms with Crippen molar-refractivity contribution in [3.8, 4) is 0 Å². The van der Waals surface area contributed by atoms with Crippen molar-refractivity contribution in [1.82, 2.24) is 0 Å². The highest BCUT2D eigenvalue weighted by Gasteiger charge is 2.31. The van der Waals surface area contributed by atoms with Crippen LogP contribution in [0.15, 0.2) is 24.3 Å². The summed E-state index contributed by atoms with van der Waals surface area (Å²) >= 11 is 0. The van der Waals surface area contributed by atoms with Gasteiger partial charge in [0.05, 0.1) is 5.56 Å². The zero-order valence-corrected chi connectivity index (χ0v) is 8.39. The van der Waals surface area contributed by atoms with E-state index in [1.807, 2.05) is 0 Å². The van der Waals surface area contributed by atoms with Crippen molar-refractivity contribution in [3.05, 3.63) is 35.4 Å². The molecule has 0 heterocycles.